The summed E-state index contributed by atoms with van der Waals surface area (Å²) in [4.78, 5) is 15.1. The third kappa shape index (κ3) is 3.09. The molecule has 0 saturated heterocycles. The van der Waals surface area contributed by atoms with Crippen molar-refractivity contribution in [1.29, 1.82) is 0 Å². The lowest BCUT2D eigenvalue weighted by atomic mass is 9.74. The number of amides is 1. The molecule has 3 N–H and O–H groups in total. The predicted octanol–water partition coefficient (Wildman–Crippen LogP) is 4.14. The summed E-state index contributed by atoms with van der Waals surface area (Å²) < 4.78 is 41.7. The molecule has 2 aliphatic carbocycles. The van der Waals surface area contributed by atoms with E-state index in [2.05, 4.69) is 10.3 Å². The number of hydrogen-bond acceptors (Lipinski definition) is 2. The zero-order valence-corrected chi connectivity index (χ0v) is 15.4. The summed E-state index contributed by atoms with van der Waals surface area (Å²) in [5.41, 5.74) is 1.05. The Bertz CT molecular complexity index is 1110. The molecule has 1 amide bonds. The summed E-state index contributed by atoms with van der Waals surface area (Å²) in [6.07, 6.45) is 2.15. The maximum atomic E-state index is 14.4. The summed E-state index contributed by atoms with van der Waals surface area (Å²) >= 11 is 0. The minimum Gasteiger partial charge on any atom is -0.380 e. The summed E-state index contributed by atoms with van der Waals surface area (Å²) in [6.45, 7) is 0. The van der Waals surface area contributed by atoms with E-state index in [1.54, 1.807) is 12.1 Å². The van der Waals surface area contributed by atoms with Crippen molar-refractivity contribution in [3.8, 4) is 11.3 Å². The highest BCUT2D eigenvalue weighted by atomic mass is 19.1. The van der Waals surface area contributed by atoms with Crippen LogP contribution in [-0.4, -0.2) is 27.6 Å². The van der Waals surface area contributed by atoms with Gasteiger partial charge in [0, 0.05) is 17.5 Å². The molecule has 29 heavy (non-hydrogen) atoms. The van der Waals surface area contributed by atoms with Crippen LogP contribution in [0.1, 0.15) is 37.2 Å². The number of aromatic nitrogens is 1. The molecule has 3 aromatic rings. The van der Waals surface area contributed by atoms with Gasteiger partial charge in [-0.2, -0.15) is 0 Å². The molecule has 0 radical (unpaired) electrons. The molecule has 0 atom stereocenters. The van der Waals surface area contributed by atoms with Gasteiger partial charge in [0.15, 0.2) is 0 Å². The molecule has 2 aromatic carbocycles. The fourth-order valence-electron chi connectivity index (χ4n) is 4.14. The van der Waals surface area contributed by atoms with Gasteiger partial charge in [-0.3, -0.25) is 4.79 Å². The Hall–Kier alpha value is -2.80. The van der Waals surface area contributed by atoms with Gasteiger partial charge in [-0.1, -0.05) is 0 Å². The molecule has 1 heterocycles. The Labute approximate surface area is 164 Å². The molecule has 0 aliphatic heterocycles. The van der Waals surface area contributed by atoms with Crippen LogP contribution in [0, 0.1) is 17.5 Å². The fourth-order valence-corrected chi connectivity index (χ4v) is 4.14. The Balaban J connectivity index is 1.49. The van der Waals surface area contributed by atoms with Gasteiger partial charge in [0.2, 0.25) is 0 Å². The smallest absolute Gasteiger partial charge is 0.252 e. The first-order valence-electron chi connectivity index (χ1n) is 9.64. The van der Waals surface area contributed by atoms with Crippen LogP contribution in [0.15, 0.2) is 36.4 Å². The van der Waals surface area contributed by atoms with E-state index in [0.717, 1.165) is 11.6 Å². The van der Waals surface area contributed by atoms with Crippen LogP contribution in [0.4, 0.5) is 13.2 Å². The largest absolute Gasteiger partial charge is 0.380 e. The number of benzene rings is 2. The number of aromatic amines is 1. The monoisotopic (exact) mass is 400 g/mol. The van der Waals surface area contributed by atoms with Gasteiger partial charge >= 0.3 is 0 Å². The molecule has 1 aromatic heterocycles. The van der Waals surface area contributed by atoms with Gasteiger partial charge in [0.25, 0.3) is 5.91 Å². The van der Waals surface area contributed by atoms with Crippen molar-refractivity contribution >= 4 is 16.8 Å². The third-order valence-electron chi connectivity index (χ3n) is 6.03. The quantitative estimate of drug-likeness (QED) is 0.616. The normalized spacial score (nSPS) is 22.3. The number of carbonyl (C=O) groups excluding carboxylic acids is 1. The Kier molecular flexibility index (Phi) is 4.00. The van der Waals surface area contributed by atoms with Crippen LogP contribution in [0.25, 0.3) is 22.2 Å². The van der Waals surface area contributed by atoms with E-state index in [9.17, 15) is 23.1 Å². The van der Waals surface area contributed by atoms with E-state index in [0.29, 0.717) is 42.3 Å². The van der Waals surface area contributed by atoms with Gasteiger partial charge in [-0.25, -0.2) is 13.2 Å². The van der Waals surface area contributed by atoms with Crippen LogP contribution >= 0.6 is 0 Å². The van der Waals surface area contributed by atoms with Crippen molar-refractivity contribution in [1.82, 2.24) is 10.3 Å². The lowest BCUT2D eigenvalue weighted by molar-refractivity contribution is -0.132. The first kappa shape index (κ1) is 18.2. The van der Waals surface area contributed by atoms with Crippen LogP contribution in [0.5, 0.6) is 0 Å². The number of halogens is 3. The van der Waals surface area contributed by atoms with Crippen molar-refractivity contribution in [2.24, 2.45) is 0 Å². The van der Waals surface area contributed by atoms with E-state index in [-0.39, 0.29) is 29.2 Å². The Morgan fingerprint density at radius 1 is 1.07 bits per heavy atom. The zero-order chi connectivity index (χ0) is 20.3. The maximum Gasteiger partial charge on any atom is 0.252 e. The molecule has 150 valence electrons. The van der Waals surface area contributed by atoms with Crippen LogP contribution in [0.2, 0.25) is 0 Å². The van der Waals surface area contributed by atoms with E-state index in [1.807, 2.05) is 0 Å². The topological polar surface area (TPSA) is 65.1 Å². The molecule has 0 bridgehead atoms. The van der Waals surface area contributed by atoms with Crippen LogP contribution in [-0.2, 0) is 4.79 Å². The number of rotatable bonds is 4. The van der Waals surface area contributed by atoms with Crippen LogP contribution < -0.4 is 5.32 Å². The number of fused-ring (bicyclic) bond motifs is 1. The fraction of sp³-hybridized carbons (Fsp3) is 0.318. The molecule has 5 rings (SSSR count). The average molecular weight is 400 g/mol. The molecule has 7 heteroatoms. The maximum absolute atomic E-state index is 14.4. The number of carbonyl (C=O) groups is 1. The molecule has 4 nitrogen and oxygen atoms in total. The summed E-state index contributed by atoms with van der Waals surface area (Å²) in [5.74, 6) is -2.11. The summed E-state index contributed by atoms with van der Waals surface area (Å²) in [7, 11) is 0. The molecule has 2 saturated carbocycles. The van der Waals surface area contributed by atoms with E-state index in [4.69, 9.17) is 0 Å². The van der Waals surface area contributed by atoms with Gasteiger partial charge < -0.3 is 15.4 Å². The Morgan fingerprint density at radius 2 is 1.76 bits per heavy atom. The first-order chi connectivity index (χ1) is 13.8. The van der Waals surface area contributed by atoms with Crippen LogP contribution in [0.3, 0.4) is 0 Å². The molecular weight excluding hydrogens is 381 g/mol. The number of nitrogens with one attached hydrogen (secondary N) is 2. The minimum atomic E-state index is -1.22. The van der Waals surface area contributed by atoms with E-state index >= 15 is 0 Å². The van der Waals surface area contributed by atoms with E-state index in [1.165, 1.54) is 18.2 Å². The standard InChI is InChI=1S/C22H19F3N2O2/c23-13-3-1-11(2-4-13)19-18(16-9-14(24)10-17(25)20(16)27-19)12-7-15(8-12)26-21(28)22(29)5-6-22/h1-4,9-10,12,15,27,29H,5-8H2,(H,26,28)/t12-,15-. The van der Waals surface area contributed by atoms with Gasteiger partial charge in [0.05, 0.1) is 11.2 Å². The van der Waals surface area contributed by atoms with Crippen molar-refractivity contribution in [2.75, 3.05) is 0 Å². The summed E-state index contributed by atoms with van der Waals surface area (Å²) in [6, 6.07) is 7.87. The predicted molar refractivity (Wildman–Crippen MR) is 102 cm³/mol. The van der Waals surface area contributed by atoms with Gasteiger partial charge in [-0.05, 0) is 73.1 Å². The highest BCUT2D eigenvalue weighted by molar-refractivity contribution is 5.92. The minimum absolute atomic E-state index is 0.0239. The van der Waals surface area contributed by atoms with Gasteiger partial charge in [0.1, 0.15) is 23.1 Å². The molecule has 0 unspecified atom stereocenters. The average Bonchev–Trinajstić information content (AvgIpc) is 3.29. The van der Waals surface area contributed by atoms with Crippen molar-refractivity contribution in [3.63, 3.8) is 0 Å². The second-order valence-electron chi connectivity index (χ2n) is 8.10. The lowest BCUT2D eigenvalue weighted by Crippen LogP contribution is -2.48. The number of H-pyrrole nitrogens is 1. The second kappa shape index (κ2) is 6.35. The second-order valence-corrected chi connectivity index (χ2v) is 8.10. The van der Waals surface area contributed by atoms with E-state index < -0.39 is 17.2 Å². The highest BCUT2D eigenvalue weighted by Gasteiger charge is 2.49. The third-order valence-corrected chi connectivity index (χ3v) is 6.03. The van der Waals surface area contributed by atoms with Gasteiger partial charge in [-0.15, -0.1) is 0 Å². The molecular formula is C22H19F3N2O2. The SMILES string of the molecule is O=C(N[C@H]1C[C@H](c2c(-c3ccc(F)cc3)[nH]c3c(F)cc(F)cc32)C1)C1(O)CC1. The highest BCUT2D eigenvalue weighted by Crippen LogP contribution is 2.46. The molecule has 2 fully saturated rings. The lowest BCUT2D eigenvalue weighted by Gasteiger charge is -2.37. The van der Waals surface area contributed by atoms with Crippen molar-refractivity contribution < 1.29 is 23.1 Å². The van der Waals surface area contributed by atoms with Crippen molar-refractivity contribution in [2.45, 2.75) is 43.2 Å². The number of hydrogen-bond donors (Lipinski definition) is 3. The number of aliphatic hydroxyl groups is 1. The first-order valence-corrected chi connectivity index (χ1v) is 9.64. The van der Waals surface area contributed by atoms with Crippen molar-refractivity contribution in [3.05, 3.63) is 59.4 Å². The molecule has 0 spiro atoms. The summed E-state index contributed by atoms with van der Waals surface area (Å²) in [5, 5.41) is 13.2. The molecule has 2 aliphatic rings. The Morgan fingerprint density at radius 3 is 2.41 bits per heavy atom. The zero-order valence-electron chi connectivity index (χ0n) is 15.4.